The van der Waals surface area contributed by atoms with Crippen LogP contribution in [0.2, 0.25) is 0 Å². The van der Waals surface area contributed by atoms with Crippen molar-refractivity contribution in [1.82, 2.24) is 14.4 Å². The molecule has 1 atom stereocenters. The van der Waals surface area contributed by atoms with Crippen LogP contribution in [-0.4, -0.2) is 54.9 Å². The lowest BCUT2D eigenvalue weighted by Gasteiger charge is -2.23. The fourth-order valence-corrected chi connectivity index (χ4v) is 6.72. The molecule has 0 radical (unpaired) electrons. The third kappa shape index (κ3) is 2.78. The van der Waals surface area contributed by atoms with Gasteiger partial charge in [-0.3, -0.25) is 4.79 Å². The molecule has 2 aromatic heterocycles. The molecule has 4 heterocycles. The van der Waals surface area contributed by atoms with Gasteiger partial charge in [0.05, 0.1) is 11.6 Å². The topological polar surface area (TPSA) is 83.7 Å². The smallest absolute Gasteiger partial charge is 0.252 e. The van der Waals surface area contributed by atoms with E-state index in [0.29, 0.717) is 24.3 Å². The highest BCUT2D eigenvalue weighted by molar-refractivity contribution is 7.91. The first-order valence-electron chi connectivity index (χ1n) is 8.75. The number of hydrogen-bond donors (Lipinski definition) is 0. The zero-order valence-corrected chi connectivity index (χ0v) is 16.2. The monoisotopic (exact) mass is 395 g/mol. The lowest BCUT2D eigenvalue weighted by molar-refractivity contribution is -0.135. The number of thiophene rings is 1. The number of carbonyl (C=O) groups is 1. The van der Waals surface area contributed by atoms with Crippen molar-refractivity contribution in [2.75, 3.05) is 26.2 Å². The summed E-state index contributed by atoms with van der Waals surface area (Å²) in [5.74, 6) is 0.660. The summed E-state index contributed by atoms with van der Waals surface area (Å²) in [6, 6.07) is 3.31. The Morgan fingerprint density at radius 1 is 1.35 bits per heavy atom. The molecule has 0 saturated carbocycles. The molecule has 2 aromatic rings. The van der Waals surface area contributed by atoms with E-state index in [4.69, 9.17) is 4.52 Å². The van der Waals surface area contributed by atoms with Gasteiger partial charge in [0.2, 0.25) is 5.91 Å². The lowest BCUT2D eigenvalue weighted by Crippen LogP contribution is -2.38. The lowest BCUT2D eigenvalue weighted by atomic mass is 9.86. The molecule has 0 aliphatic carbocycles. The molecule has 4 rings (SSSR count). The van der Waals surface area contributed by atoms with E-state index >= 15 is 0 Å². The predicted molar refractivity (Wildman–Crippen MR) is 97.1 cm³/mol. The van der Waals surface area contributed by atoms with Crippen LogP contribution in [0.3, 0.4) is 0 Å². The average molecular weight is 396 g/mol. The molecular weight excluding hydrogens is 374 g/mol. The quantitative estimate of drug-likeness (QED) is 0.776. The zero-order chi connectivity index (χ0) is 18.4. The summed E-state index contributed by atoms with van der Waals surface area (Å²) in [5, 5.41) is 5.41. The fourth-order valence-electron chi connectivity index (χ4n) is 3.87. The molecule has 9 heteroatoms. The van der Waals surface area contributed by atoms with Gasteiger partial charge in [-0.25, -0.2) is 8.42 Å². The first-order valence-corrected chi connectivity index (χ1v) is 11.1. The van der Waals surface area contributed by atoms with Gasteiger partial charge in [0, 0.05) is 43.2 Å². The Balaban J connectivity index is 1.54. The number of nitrogens with zero attached hydrogens (tertiary/aromatic N) is 3. The third-order valence-corrected chi connectivity index (χ3v) is 8.57. The molecule has 0 bridgehead atoms. The molecule has 1 amide bonds. The normalized spacial score (nSPS) is 24.2. The molecule has 0 aromatic carbocycles. The standard InChI is InChI=1S/C17H21N3O4S2/c1-2-7-19-8-4-17(16(19)21)5-9-20(12-17)26(22,23)15-10-13(11-25-15)14-3-6-18-24-14/h3,6,10-11H,2,4-5,7-9,12H2,1H3. The summed E-state index contributed by atoms with van der Waals surface area (Å²) in [6.07, 6.45) is 3.79. The van der Waals surface area contributed by atoms with E-state index in [1.807, 2.05) is 11.8 Å². The van der Waals surface area contributed by atoms with E-state index < -0.39 is 15.4 Å². The molecule has 2 aliphatic rings. The van der Waals surface area contributed by atoms with Crippen LogP contribution in [0.15, 0.2) is 32.4 Å². The first-order chi connectivity index (χ1) is 12.5. The van der Waals surface area contributed by atoms with Gasteiger partial charge >= 0.3 is 0 Å². The average Bonchev–Trinajstić information content (AvgIpc) is 3.40. The van der Waals surface area contributed by atoms with Crippen molar-refractivity contribution in [3.63, 3.8) is 0 Å². The summed E-state index contributed by atoms with van der Waals surface area (Å²) < 4.78 is 32.9. The van der Waals surface area contributed by atoms with Gasteiger partial charge in [0.15, 0.2) is 5.76 Å². The van der Waals surface area contributed by atoms with Crippen molar-refractivity contribution in [1.29, 1.82) is 0 Å². The molecule has 0 N–H and O–H groups in total. The minimum absolute atomic E-state index is 0.116. The largest absolute Gasteiger partial charge is 0.356 e. The van der Waals surface area contributed by atoms with Gasteiger partial charge in [-0.2, -0.15) is 4.31 Å². The summed E-state index contributed by atoms with van der Waals surface area (Å²) in [6.45, 7) is 4.20. The maximum absolute atomic E-state index is 13.0. The number of amides is 1. The van der Waals surface area contributed by atoms with Crippen LogP contribution in [0.1, 0.15) is 26.2 Å². The van der Waals surface area contributed by atoms with Gasteiger partial charge in [0.1, 0.15) is 4.21 Å². The van der Waals surface area contributed by atoms with Crippen molar-refractivity contribution >= 4 is 27.3 Å². The number of aromatic nitrogens is 1. The van der Waals surface area contributed by atoms with E-state index in [2.05, 4.69) is 5.16 Å². The molecule has 2 saturated heterocycles. The number of likely N-dealkylation sites (tertiary alicyclic amines) is 1. The molecule has 2 fully saturated rings. The molecule has 7 nitrogen and oxygen atoms in total. The number of carbonyl (C=O) groups excluding carboxylic acids is 1. The zero-order valence-electron chi connectivity index (χ0n) is 14.6. The number of hydrogen-bond acceptors (Lipinski definition) is 6. The fraction of sp³-hybridized carbons (Fsp3) is 0.529. The highest BCUT2D eigenvalue weighted by Gasteiger charge is 2.52. The third-order valence-electron chi connectivity index (χ3n) is 5.31. The van der Waals surface area contributed by atoms with Crippen LogP contribution in [0.4, 0.5) is 0 Å². The molecule has 140 valence electrons. The Morgan fingerprint density at radius 3 is 2.88 bits per heavy atom. The molecule has 1 spiro atoms. The maximum Gasteiger partial charge on any atom is 0.252 e. The minimum Gasteiger partial charge on any atom is -0.356 e. The number of rotatable bonds is 5. The highest BCUT2D eigenvalue weighted by atomic mass is 32.2. The van der Waals surface area contributed by atoms with Crippen molar-refractivity contribution in [3.8, 4) is 11.3 Å². The Hall–Kier alpha value is -1.71. The van der Waals surface area contributed by atoms with Crippen molar-refractivity contribution in [3.05, 3.63) is 23.7 Å². The summed E-state index contributed by atoms with van der Waals surface area (Å²) >= 11 is 1.17. The van der Waals surface area contributed by atoms with E-state index in [-0.39, 0.29) is 16.7 Å². The Kier molecular flexibility index (Phi) is 4.40. The maximum atomic E-state index is 13.0. The molecular formula is C17H21N3O4S2. The Bertz CT molecular complexity index is 906. The summed E-state index contributed by atoms with van der Waals surface area (Å²) in [5.41, 5.74) is 0.166. The van der Waals surface area contributed by atoms with Gasteiger partial charge in [-0.1, -0.05) is 12.1 Å². The predicted octanol–water partition coefficient (Wildman–Crippen LogP) is 2.43. The summed E-state index contributed by atoms with van der Waals surface area (Å²) in [7, 11) is -3.61. The highest BCUT2D eigenvalue weighted by Crippen LogP contribution is 2.43. The van der Waals surface area contributed by atoms with Crippen molar-refractivity contribution in [2.24, 2.45) is 5.41 Å². The molecule has 1 unspecified atom stereocenters. The van der Waals surface area contributed by atoms with Crippen molar-refractivity contribution in [2.45, 2.75) is 30.4 Å². The van der Waals surface area contributed by atoms with Crippen LogP contribution < -0.4 is 0 Å². The van der Waals surface area contributed by atoms with Gasteiger partial charge in [0.25, 0.3) is 10.0 Å². The molecule has 2 aliphatic heterocycles. The minimum atomic E-state index is -3.61. The molecule has 26 heavy (non-hydrogen) atoms. The van der Waals surface area contributed by atoms with Gasteiger partial charge in [-0.05, 0) is 25.3 Å². The van der Waals surface area contributed by atoms with E-state index in [1.165, 1.54) is 21.8 Å². The SMILES string of the molecule is CCCN1CCC2(CCN(S(=O)(=O)c3cc(-c4ccno4)cs3)C2)C1=O. The van der Waals surface area contributed by atoms with Crippen molar-refractivity contribution < 1.29 is 17.7 Å². The second kappa shape index (κ2) is 6.47. The van der Waals surface area contributed by atoms with E-state index in [1.54, 1.807) is 17.5 Å². The Labute approximate surface area is 156 Å². The first kappa shape index (κ1) is 17.7. The van der Waals surface area contributed by atoms with E-state index in [0.717, 1.165) is 25.9 Å². The second-order valence-electron chi connectivity index (χ2n) is 6.94. The van der Waals surface area contributed by atoms with Crippen LogP contribution >= 0.6 is 11.3 Å². The Morgan fingerprint density at radius 2 is 2.15 bits per heavy atom. The van der Waals surface area contributed by atoms with Crippen LogP contribution in [-0.2, 0) is 14.8 Å². The summed E-state index contributed by atoms with van der Waals surface area (Å²) in [4.78, 5) is 14.7. The van der Waals surface area contributed by atoms with E-state index in [9.17, 15) is 13.2 Å². The van der Waals surface area contributed by atoms with Crippen LogP contribution in [0.25, 0.3) is 11.3 Å². The van der Waals surface area contributed by atoms with Crippen LogP contribution in [0.5, 0.6) is 0 Å². The second-order valence-corrected chi connectivity index (χ2v) is 10.0. The van der Waals surface area contributed by atoms with Crippen LogP contribution in [0, 0.1) is 5.41 Å². The van der Waals surface area contributed by atoms with Gasteiger partial charge in [-0.15, -0.1) is 11.3 Å². The number of sulfonamides is 1. The van der Waals surface area contributed by atoms with Gasteiger partial charge < -0.3 is 9.42 Å².